The maximum absolute atomic E-state index is 9.20. The highest BCUT2D eigenvalue weighted by Crippen LogP contribution is 2.36. The Kier molecular flexibility index (Phi) is 3.16. The van der Waals surface area contributed by atoms with E-state index in [4.69, 9.17) is 10.2 Å². The van der Waals surface area contributed by atoms with E-state index < -0.39 is 17.2 Å². The number of hydrogen-bond donors (Lipinski definition) is 5. The third kappa shape index (κ3) is 1.89. The van der Waals surface area contributed by atoms with Crippen molar-refractivity contribution in [1.29, 1.82) is 0 Å². The van der Waals surface area contributed by atoms with Gasteiger partial charge in [-0.2, -0.15) is 0 Å². The third-order valence-corrected chi connectivity index (χ3v) is 2.03. The Morgan fingerprint density at radius 1 is 1.21 bits per heavy atom. The number of rotatable bonds is 3. The predicted octanol–water partition coefficient (Wildman–Crippen LogP) is 0.0562. The Morgan fingerprint density at radius 2 is 1.71 bits per heavy atom. The quantitative estimate of drug-likeness (QED) is 0.444. The van der Waals surface area contributed by atoms with Crippen LogP contribution in [0.4, 0.5) is 0 Å². The van der Waals surface area contributed by atoms with Gasteiger partial charge in [0.1, 0.15) is 0 Å². The van der Waals surface area contributed by atoms with Crippen LogP contribution in [0.5, 0.6) is 17.2 Å². The Bertz CT molecular complexity index is 300. The fourth-order valence-electron chi connectivity index (χ4n) is 1.19. The molecule has 1 rings (SSSR count). The second kappa shape index (κ2) is 4.17. The molecule has 0 aliphatic rings. The van der Waals surface area contributed by atoms with Crippen molar-refractivity contribution in [3.05, 3.63) is 17.7 Å². The van der Waals surface area contributed by atoms with Gasteiger partial charge < -0.3 is 25.7 Å². The van der Waals surface area contributed by atoms with Crippen molar-refractivity contribution in [2.75, 3.05) is 13.7 Å². The third-order valence-electron chi connectivity index (χ3n) is 2.03. The molecule has 5 N–H and O–H groups in total. The van der Waals surface area contributed by atoms with Crippen molar-refractivity contribution in [3.8, 4) is 17.2 Å². The summed E-state index contributed by atoms with van der Waals surface area (Å²) in [4.78, 5) is 0. The summed E-state index contributed by atoms with van der Waals surface area (Å²) in [5, 5.41) is 39.2. The number of nitrogens with one attached hydrogen (secondary N) is 1. The number of phenols is 3. The molecular formula is C9H13NO4. The minimum Gasteiger partial charge on any atom is -0.504 e. The molecule has 0 radical (unpaired) electrons. The van der Waals surface area contributed by atoms with E-state index in [2.05, 4.69) is 5.32 Å². The standard InChI is InChI=1S/C9H13NO4/c1-10-6(4-11)5-2-7(12)9(14)8(13)3-5/h2-3,6,10-14H,4H2,1H3/t6-/m1/s1. The fraction of sp³-hybridized carbons (Fsp3) is 0.333. The Labute approximate surface area is 81.3 Å². The van der Waals surface area contributed by atoms with E-state index in [0.29, 0.717) is 5.56 Å². The van der Waals surface area contributed by atoms with Gasteiger partial charge in [0.2, 0.25) is 0 Å². The largest absolute Gasteiger partial charge is 0.504 e. The summed E-state index contributed by atoms with van der Waals surface area (Å²) < 4.78 is 0. The maximum atomic E-state index is 9.20. The molecule has 0 aliphatic carbocycles. The molecule has 0 saturated carbocycles. The maximum Gasteiger partial charge on any atom is 0.200 e. The summed E-state index contributed by atoms with van der Waals surface area (Å²) in [7, 11) is 1.64. The van der Waals surface area contributed by atoms with Crippen molar-refractivity contribution >= 4 is 0 Å². The van der Waals surface area contributed by atoms with E-state index in [1.54, 1.807) is 7.05 Å². The van der Waals surface area contributed by atoms with Crippen molar-refractivity contribution in [2.24, 2.45) is 0 Å². The Morgan fingerprint density at radius 3 is 2.07 bits per heavy atom. The van der Waals surface area contributed by atoms with Gasteiger partial charge in [0.25, 0.3) is 0 Å². The van der Waals surface area contributed by atoms with Gasteiger partial charge in [-0.15, -0.1) is 0 Å². The van der Waals surface area contributed by atoms with Crippen LogP contribution >= 0.6 is 0 Å². The summed E-state index contributed by atoms with van der Waals surface area (Å²) in [5.41, 5.74) is 0.503. The molecule has 1 atom stereocenters. The normalized spacial score (nSPS) is 12.7. The first kappa shape index (κ1) is 10.6. The smallest absolute Gasteiger partial charge is 0.200 e. The highest BCUT2D eigenvalue weighted by Gasteiger charge is 2.13. The van der Waals surface area contributed by atoms with E-state index in [0.717, 1.165) is 0 Å². The van der Waals surface area contributed by atoms with E-state index in [-0.39, 0.29) is 12.6 Å². The lowest BCUT2D eigenvalue weighted by atomic mass is 10.1. The van der Waals surface area contributed by atoms with Gasteiger partial charge >= 0.3 is 0 Å². The van der Waals surface area contributed by atoms with Gasteiger partial charge in [-0.05, 0) is 24.7 Å². The van der Waals surface area contributed by atoms with Gasteiger partial charge in [0.05, 0.1) is 12.6 Å². The molecule has 78 valence electrons. The number of aromatic hydroxyl groups is 3. The molecule has 1 aromatic carbocycles. The average molecular weight is 199 g/mol. The van der Waals surface area contributed by atoms with Crippen LogP contribution in [-0.2, 0) is 0 Å². The molecular weight excluding hydrogens is 186 g/mol. The summed E-state index contributed by atoms with van der Waals surface area (Å²) in [6.45, 7) is -0.167. The molecule has 0 aromatic heterocycles. The van der Waals surface area contributed by atoms with Crippen molar-refractivity contribution in [2.45, 2.75) is 6.04 Å². The van der Waals surface area contributed by atoms with Gasteiger partial charge in [-0.3, -0.25) is 0 Å². The lowest BCUT2D eigenvalue weighted by Crippen LogP contribution is -2.19. The highest BCUT2D eigenvalue weighted by molar-refractivity contribution is 5.51. The fourth-order valence-corrected chi connectivity index (χ4v) is 1.19. The summed E-state index contributed by atoms with van der Waals surface area (Å²) in [6, 6.07) is 2.19. The van der Waals surface area contributed by atoms with Gasteiger partial charge in [0.15, 0.2) is 17.2 Å². The number of hydrogen-bond acceptors (Lipinski definition) is 5. The highest BCUT2D eigenvalue weighted by atomic mass is 16.3. The zero-order valence-corrected chi connectivity index (χ0v) is 7.73. The molecule has 0 spiro atoms. The second-order valence-electron chi connectivity index (χ2n) is 2.93. The molecule has 14 heavy (non-hydrogen) atoms. The molecule has 0 aliphatic heterocycles. The first-order valence-corrected chi connectivity index (χ1v) is 4.13. The van der Waals surface area contributed by atoms with E-state index in [9.17, 15) is 10.2 Å². The first-order valence-electron chi connectivity index (χ1n) is 4.13. The Hall–Kier alpha value is -1.46. The van der Waals surface area contributed by atoms with Crippen LogP contribution in [-0.4, -0.2) is 34.1 Å². The van der Waals surface area contributed by atoms with Crippen LogP contribution in [0.2, 0.25) is 0 Å². The molecule has 0 amide bonds. The summed E-state index contributed by atoms with van der Waals surface area (Å²) in [5.74, 6) is -1.37. The molecule has 5 nitrogen and oxygen atoms in total. The number of phenolic OH excluding ortho intramolecular Hbond substituents is 3. The van der Waals surface area contributed by atoms with Crippen LogP contribution in [0.15, 0.2) is 12.1 Å². The number of aliphatic hydroxyl groups excluding tert-OH is 1. The van der Waals surface area contributed by atoms with Crippen molar-refractivity contribution in [3.63, 3.8) is 0 Å². The minimum atomic E-state index is -0.554. The lowest BCUT2D eigenvalue weighted by Gasteiger charge is -2.14. The zero-order valence-electron chi connectivity index (χ0n) is 7.73. The minimum absolute atomic E-state index is 0.167. The SMILES string of the molecule is CN[C@H](CO)c1cc(O)c(O)c(O)c1. The average Bonchev–Trinajstić information content (AvgIpc) is 2.16. The molecule has 0 unspecified atom stereocenters. The zero-order chi connectivity index (χ0) is 10.7. The van der Waals surface area contributed by atoms with Crippen LogP contribution in [0.3, 0.4) is 0 Å². The Balaban J connectivity index is 3.11. The van der Waals surface area contributed by atoms with E-state index >= 15 is 0 Å². The van der Waals surface area contributed by atoms with Gasteiger partial charge in [0, 0.05) is 0 Å². The van der Waals surface area contributed by atoms with Crippen LogP contribution in [0.25, 0.3) is 0 Å². The second-order valence-corrected chi connectivity index (χ2v) is 2.93. The van der Waals surface area contributed by atoms with Gasteiger partial charge in [-0.1, -0.05) is 0 Å². The molecule has 5 heteroatoms. The monoisotopic (exact) mass is 199 g/mol. The predicted molar refractivity (Wildman–Crippen MR) is 50.3 cm³/mol. The van der Waals surface area contributed by atoms with Crippen LogP contribution in [0.1, 0.15) is 11.6 Å². The van der Waals surface area contributed by atoms with E-state index in [1.165, 1.54) is 12.1 Å². The van der Waals surface area contributed by atoms with Crippen LogP contribution < -0.4 is 5.32 Å². The number of aliphatic hydroxyl groups is 1. The molecule has 0 fully saturated rings. The van der Waals surface area contributed by atoms with Crippen LogP contribution in [0, 0.1) is 0 Å². The lowest BCUT2D eigenvalue weighted by molar-refractivity contribution is 0.250. The first-order chi connectivity index (χ1) is 6.60. The molecule has 0 heterocycles. The topological polar surface area (TPSA) is 93.0 Å². The number of benzene rings is 1. The summed E-state index contributed by atoms with van der Waals surface area (Å²) in [6.07, 6.45) is 0. The number of likely N-dealkylation sites (N-methyl/N-ethyl adjacent to an activating group) is 1. The molecule has 1 aromatic rings. The van der Waals surface area contributed by atoms with Crippen molar-refractivity contribution in [1.82, 2.24) is 5.32 Å². The van der Waals surface area contributed by atoms with Crippen molar-refractivity contribution < 1.29 is 20.4 Å². The molecule has 0 saturated heterocycles. The van der Waals surface area contributed by atoms with E-state index in [1.807, 2.05) is 0 Å². The summed E-state index contributed by atoms with van der Waals surface area (Å²) >= 11 is 0. The van der Waals surface area contributed by atoms with Gasteiger partial charge in [-0.25, -0.2) is 0 Å². The molecule has 0 bridgehead atoms.